The van der Waals surface area contributed by atoms with Crippen LogP contribution in [0.3, 0.4) is 0 Å². The number of rotatable bonds is 5. The summed E-state index contributed by atoms with van der Waals surface area (Å²) in [5.41, 5.74) is 3.53. The minimum atomic E-state index is 0.827. The fourth-order valence-corrected chi connectivity index (χ4v) is 2.46. The summed E-state index contributed by atoms with van der Waals surface area (Å²) < 4.78 is 5.26. The number of fused-ring (bicyclic) bond motifs is 1. The van der Waals surface area contributed by atoms with Crippen molar-refractivity contribution in [2.45, 2.75) is 20.0 Å². The predicted octanol–water partition coefficient (Wildman–Crippen LogP) is 3.84. The molecule has 0 atom stereocenters. The number of hydrogen-bond donors (Lipinski definition) is 1. The van der Waals surface area contributed by atoms with Crippen LogP contribution in [-0.4, -0.2) is 12.1 Å². The van der Waals surface area contributed by atoms with Gasteiger partial charge >= 0.3 is 0 Å². The molecule has 0 unspecified atom stereocenters. The summed E-state index contributed by atoms with van der Waals surface area (Å²) >= 11 is 0. The molecular formula is C19H20N2O. The monoisotopic (exact) mass is 292 g/mol. The van der Waals surface area contributed by atoms with E-state index in [0.29, 0.717) is 0 Å². The number of aromatic nitrogens is 1. The Balaban J connectivity index is 1.65. The Morgan fingerprint density at radius 1 is 0.909 bits per heavy atom. The molecule has 3 heteroatoms. The third-order valence-electron chi connectivity index (χ3n) is 3.74. The lowest BCUT2D eigenvalue weighted by Crippen LogP contribution is -2.12. The summed E-state index contributed by atoms with van der Waals surface area (Å²) in [7, 11) is 1.69. The molecule has 3 nitrogen and oxygen atoms in total. The van der Waals surface area contributed by atoms with Gasteiger partial charge in [-0.15, -0.1) is 0 Å². The van der Waals surface area contributed by atoms with Crippen LogP contribution >= 0.6 is 0 Å². The third-order valence-corrected chi connectivity index (χ3v) is 3.74. The first-order valence-corrected chi connectivity index (χ1v) is 7.43. The van der Waals surface area contributed by atoms with E-state index < -0.39 is 0 Å². The largest absolute Gasteiger partial charge is 0.497 e. The minimum absolute atomic E-state index is 0.827. The van der Waals surface area contributed by atoms with E-state index in [0.717, 1.165) is 24.5 Å². The van der Waals surface area contributed by atoms with Crippen molar-refractivity contribution in [2.75, 3.05) is 7.11 Å². The van der Waals surface area contributed by atoms with Crippen LogP contribution in [0.25, 0.3) is 10.8 Å². The van der Waals surface area contributed by atoms with Gasteiger partial charge in [-0.1, -0.05) is 24.3 Å². The van der Waals surface area contributed by atoms with Crippen LogP contribution in [0.15, 0.2) is 54.7 Å². The van der Waals surface area contributed by atoms with Gasteiger partial charge in [0.1, 0.15) is 5.75 Å². The van der Waals surface area contributed by atoms with E-state index in [1.54, 1.807) is 7.11 Å². The van der Waals surface area contributed by atoms with Gasteiger partial charge in [0.15, 0.2) is 0 Å². The molecule has 1 heterocycles. The molecule has 3 rings (SSSR count). The van der Waals surface area contributed by atoms with E-state index >= 15 is 0 Å². The SMILES string of the molecule is COc1ccc2cc(CNCc3ccc(C)nc3)ccc2c1. The van der Waals surface area contributed by atoms with E-state index in [4.69, 9.17) is 4.74 Å². The topological polar surface area (TPSA) is 34.1 Å². The number of nitrogens with one attached hydrogen (secondary N) is 1. The summed E-state index contributed by atoms with van der Waals surface area (Å²) in [4.78, 5) is 4.31. The van der Waals surface area contributed by atoms with E-state index in [9.17, 15) is 0 Å². The Morgan fingerprint density at radius 3 is 2.41 bits per heavy atom. The molecule has 112 valence electrons. The molecular weight excluding hydrogens is 272 g/mol. The number of aryl methyl sites for hydroxylation is 1. The van der Waals surface area contributed by atoms with Gasteiger partial charge in [-0.2, -0.15) is 0 Å². The predicted molar refractivity (Wildman–Crippen MR) is 90.0 cm³/mol. The lowest BCUT2D eigenvalue weighted by Gasteiger charge is -2.07. The average molecular weight is 292 g/mol. The number of nitrogens with zero attached hydrogens (tertiary/aromatic N) is 1. The van der Waals surface area contributed by atoms with Gasteiger partial charge in [0.2, 0.25) is 0 Å². The summed E-state index contributed by atoms with van der Waals surface area (Å²) in [5, 5.41) is 5.89. The van der Waals surface area contributed by atoms with Gasteiger partial charge in [0.25, 0.3) is 0 Å². The molecule has 1 aromatic heterocycles. The summed E-state index contributed by atoms with van der Waals surface area (Å²) in [6.07, 6.45) is 1.93. The fourth-order valence-electron chi connectivity index (χ4n) is 2.46. The van der Waals surface area contributed by atoms with Gasteiger partial charge in [-0.3, -0.25) is 4.98 Å². The Hall–Kier alpha value is -2.39. The quantitative estimate of drug-likeness (QED) is 0.776. The zero-order chi connectivity index (χ0) is 15.4. The van der Waals surface area contributed by atoms with Crippen LogP contribution in [0, 0.1) is 6.92 Å². The molecule has 0 aliphatic heterocycles. The highest BCUT2D eigenvalue weighted by atomic mass is 16.5. The van der Waals surface area contributed by atoms with Crippen molar-refractivity contribution in [3.05, 3.63) is 71.5 Å². The van der Waals surface area contributed by atoms with Gasteiger partial charge < -0.3 is 10.1 Å². The molecule has 0 aliphatic rings. The van der Waals surface area contributed by atoms with Crippen molar-refractivity contribution >= 4 is 10.8 Å². The molecule has 22 heavy (non-hydrogen) atoms. The maximum Gasteiger partial charge on any atom is 0.119 e. The maximum atomic E-state index is 5.26. The van der Waals surface area contributed by atoms with Crippen molar-refractivity contribution < 1.29 is 4.74 Å². The lowest BCUT2D eigenvalue weighted by atomic mass is 10.1. The second kappa shape index (κ2) is 6.58. The molecule has 0 saturated heterocycles. The number of pyridine rings is 1. The zero-order valence-electron chi connectivity index (χ0n) is 13.0. The second-order valence-electron chi connectivity index (χ2n) is 5.46. The van der Waals surface area contributed by atoms with E-state index in [1.807, 2.05) is 25.3 Å². The van der Waals surface area contributed by atoms with E-state index in [-0.39, 0.29) is 0 Å². The Kier molecular flexibility index (Phi) is 4.35. The van der Waals surface area contributed by atoms with Crippen molar-refractivity contribution in [1.29, 1.82) is 0 Å². The number of methoxy groups -OCH3 is 1. The van der Waals surface area contributed by atoms with Gasteiger partial charge in [-0.05, 0) is 53.1 Å². The molecule has 2 aromatic carbocycles. The number of hydrogen-bond acceptors (Lipinski definition) is 3. The van der Waals surface area contributed by atoms with Crippen molar-refractivity contribution in [3.8, 4) is 5.75 Å². The molecule has 0 spiro atoms. The van der Waals surface area contributed by atoms with Crippen molar-refractivity contribution in [1.82, 2.24) is 10.3 Å². The minimum Gasteiger partial charge on any atom is -0.497 e. The van der Waals surface area contributed by atoms with Crippen LogP contribution in [-0.2, 0) is 13.1 Å². The third kappa shape index (κ3) is 3.43. The highest BCUT2D eigenvalue weighted by Gasteiger charge is 2.00. The van der Waals surface area contributed by atoms with Crippen LogP contribution in [0.4, 0.5) is 0 Å². The highest BCUT2D eigenvalue weighted by molar-refractivity contribution is 5.84. The molecule has 0 fully saturated rings. The normalized spacial score (nSPS) is 10.8. The first-order chi connectivity index (χ1) is 10.7. The molecule has 0 bridgehead atoms. The molecule has 0 saturated carbocycles. The molecule has 3 aromatic rings. The Labute approximate surface area is 131 Å². The van der Waals surface area contributed by atoms with E-state index in [1.165, 1.54) is 21.9 Å². The Morgan fingerprint density at radius 2 is 1.64 bits per heavy atom. The molecule has 0 radical (unpaired) electrons. The van der Waals surface area contributed by atoms with Crippen molar-refractivity contribution in [3.63, 3.8) is 0 Å². The first-order valence-electron chi connectivity index (χ1n) is 7.43. The maximum absolute atomic E-state index is 5.26. The lowest BCUT2D eigenvalue weighted by molar-refractivity contribution is 0.415. The summed E-state index contributed by atoms with van der Waals surface area (Å²) in [6, 6.07) is 16.8. The van der Waals surface area contributed by atoms with Crippen LogP contribution in [0.5, 0.6) is 5.75 Å². The standard InChI is InChI=1S/C19H20N2O/c1-14-3-4-16(13-21-14)12-20-11-15-5-6-18-10-19(22-2)8-7-17(18)9-15/h3-10,13,20H,11-12H2,1-2H3. The van der Waals surface area contributed by atoms with Gasteiger partial charge in [-0.25, -0.2) is 0 Å². The van der Waals surface area contributed by atoms with Crippen LogP contribution in [0.2, 0.25) is 0 Å². The molecule has 0 aliphatic carbocycles. The summed E-state index contributed by atoms with van der Waals surface area (Å²) in [6.45, 7) is 3.67. The Bertz CT molecular complexity index is 766. The highest BCUT2D eigenvalue weighted by Crippen LogP contribution is 2.21. The molecule has 1 N–H and O–H groups in total. The molecule has 0 amide bonds. The van der Waals surface area contributed by atoms with Crippen LogP contribution in [0.1, 0.15) is 16.8 Å². The van der Waals surface area contributed by atoms with E-state index in [2.05, 4.69) is 46.7 Å². The van der Waals surface area contributed by atoms with Crippen LogP contribution < -0.4 is 10.1 Å². The van der Waals surface area contributed by atoms with Gasteiger partial charge in [0.05, 0.1) is 7.11 Å². The summed E-state index contributed by atoms with van der Waals surface area (Å²) in [5.74, 6) is 0.894. The zero-order valence-corrected chi connectivity index (χ0v) is 13.0. The smallest absolute Gasteiger partial charge is 0.119 e. The number of benzene rings is 2. The van der Waals surface area contributed by atoms with Gasteiger partial charge in [0, 0.05) is 25.0 Å². The fraction of sp³-hybridized carbons (Fsp3) is 0.211. The average Bonchev–Trinajstić information content (AvgIpc) is 2.56. The second-order valence-corrected chi connectivity index (χ2v) is 5.46. The first kappa shape index (κ1) is 14.5. The number of ether oxygens (including phenoxy) is 1. The van der Waals surface area contributed by atoms with Crippen molar-refractivity contribution in [2.24, 2.45) is 0 Å².